The first kappa shape index (κ1) is 26.1. The van der Waals surface area contributed by atoms with Gasteiger partial charge in [0.05, 0.1) is 16.8 Å². The van der Waals surface area contributed by atoms with Crippen molar-refractivity contribution in [3.05, 3.63) is 119 Å². The number of hydrogen-bond acceptors (Lipinski definition) is 4. The summed E-state index contributed by atoms with van der Waals surface area (Å²) in [5.41, 5.74) is 6.54. The van der Waals surface area contributed by atoms with E-state index in [0.717, 1.165) is 48.1 Å². The van der Waals surface area contributed by atoms with E-state index < -0.39 is 22.5 Å². The van der Waals surface area contributed by atoms with Gasteiger partial charge in [0.2, 0.25) is 0 Å². The molecule has 0 spiro atoms. The van der Waals surface area contributed by atoms with Crippen LogP contribution in [0.5, 0.6) is 0 Å². The standard InChI is InChI=1S/C32H29N3O3S/c1-22-15-17-27(18-16-22)39(37,38)35(31-14-8-9-23(2)24(31)3)21-32(36)34-33-20-30-28-12-6-4-10-25(28)19-26-11-5-7-13-29(26)30/h4-20H,21H2,1-3H3,(H,34,36)/b33-20-. The summed E-state index contributed by atoms with van der Waals surface area (Å²) >= 11 is 0. The van der Waals surface area contributed by atoms with Crippen LogP contribution in [-0.4, -0.2) is 27.1 Å². The maximum atomic E-state index is 13.7. The number of fused-ring (bicyclic) bond motifs is 2. The fraction of sp³-hybridized carbons (Fsp3) is 0.125. The molecule has 0 saturated heterocycles. The van der Waals surface area contributed by atoms with Crippen LogP contribution in [0.3, 0.4) is 0 Å². The molecule has 0 atom stereocenters. The Hall–Kier alpha value is -4.49. The third-order valence-electron chi connectivity index (χ3n) is 6.94. The highest BCUT2D eigenvalue weighted by atomic mass is 32.2. The summed E-state index contributed by atoms with van der Waals surface area (Å²) in [5.74, 6) is -0.549. The smallest absolute Gasteiger partial charge is 0.264 e. The molecule has 7 heteroatoms. The lowest BCUT2D eigenvalue weighted by Crippen LogP contribution is -2.40. The van der Waals surface area contributed by atoms with Crippen molar-refractivity contribution in [1.82, 2.24) is 5.43 Å². The number of nitrogens with zero attached hydrogens (tertiary/aromatic N) is 2. The second-order valence-electron chi connectivity index (χ2n) is 9.57. The van der Waals surface area contributed by atoms with E-state index in [2.05, 4.69) is 16.6 Å². The summed E-state index contributed by atoms with van der Waals surface area (Å²) in [5, 5.41) is 8.39. The Morgan fingerprint density at radius 2 is 1.44 bits per heavy atom. The normalized spacial score (nSPS) is 11.8. The maximum Gasteiger partial charge on any atom is 0.264 e. The summed E-state index contributed by atoms with van der Waals surface area (Å²) in [7, 11) is -4.02. The Balaban J connectivity index is 1.47. The molecule has 0 aliphatic rings. The number of sulfonamides is 1. The quantitative estimate of drug-likeness (QED) is 0.152. The van der Waals surface area contributed by atoms with E-state index in [1.165, 1.54) is 0 Å². The molecule has 0 aromatic heterocycles. The average Bonchev–Trinajstić information content (AvgIpc) is 2.93. The zero-order chi connectivity index (χ0) is 27.6. The van der Waals surface area contributed by atoms with Crippen molar-refractivity contribution in [2.45, 2.75) is 25.7 Å². The molecular formula is C32H29N3O3S. The van der Waals surface area contributed by atoms with Crippen LogP contribution in [0.15, 0.2) is 107 Å². The molecule has 0 fully saturated rings. The number of anilines is 1. The van der Waals surface area contributed by atoms with Crippen LogP contribution in [0, 0.1) is 20.8 Å². The number of carbonyl (C=O) groups excluding carboxylic acids is 1. The van der Waals surface area contributed by atoms with Gasteiger partial charge in [-0.15, -0.1) is 0 Å². The Bertz CT molecular complexity index is 1770. The van der Waals surface area contributed by atoms with Crippen LogP contribution >= 0.6 is 0 Å². The lowest BCUT2D eigenvalue weighted by Gasteiger charge is -2.26. The molecule has 0 heterocycles. The molecule has 196 valence electrons. The first-order valence-electron chi connectivity index (χ1n) is 12.6. The molecule has 0 saturated carbocycles. The molecule has 5 aromatic carbocycles. The molecular weight excluding hydrogens is 506 g/mol. The van der Waals surface area contributed by atoms with Crippen molar-refractivity contribution in [1.29, 1.82) is 0 Å². The lowest BCUT2D eigenvalue weighted by atomic mass is 9.97. The number of nitrogens with one attached hydrogen (secondary N) is 1. The number of amides is 1. The molecule has 39 heavy (non-hydrogen) atoms. The molecule has 6 nitrogen and oxygen atoms in total. The molecule has 0 aliphatic heterocycles. The van der Waals surface area contributed by atoms with Crippen LogP contribution in [-0.2, 0) is 14.8 Å². The van der Waals surface area contributed by atoms with E-state index in [1.807, 2.05) is 75.4 Å². The molecule has 0 aliphatic carbocycles. The monoisotopic (exact) mass is 535 g/mol. The Morgan fingerprint density at radius 3 is 2.08 bits per heavy atom. The Morgan fingerprint density at radius 1 is 0.821 bits per heavy atom. The second kappa shape index (κ2) is 10.7. The van der Waals surface area contributed by atoms with E-state index in [9.17, 15) is 13.2 Å². The Labute approximate surface area is 228 Å². The van der Waals surface area contributed by atoms with Gasteiger partial charge in [-0.2, -0.15) is 5.10 Å². The van der Waals surface area contributed by atoms with E-state index in [0.29, 0.717) is 5.69 Å². The Kier molecular flexibility index (Phi) is 7.17. The number of hydrogen-bond donors (Lipinski definition) is 1. The van der Waals surface area contributed by atoms with Crippen molar-refractivity contribution < 1.29 is 13.2 Å². The molecule has 0 unspecified atom stereocenters. The minimum absolute atomic E-state index is 0.118. The topological polar surface area (TPSA) is 78.8 Å². The second-order valence-corrected chi connectivity index (χ2v) is 11.4. The number of aryl methyl sites for hydroxylation is 2. The number of rotatable bonds is 7. The number of carbonyl (C=O) groups is 1. The molecule has 0 bridgehead atoms. The zero-order valence-corrected chi connectivity index (χ0v) is 22.9. The van der Waals surface area contributed by atoms with Crippen LogP contribution < -0.4 is 9.73 Å². The van der Waals surface area contributed by atoms with Crippen LogP contribution in [0.25, 0.3) is 21.5 Å². The van der Waals surface area contributed by atoms with Crippen LogP contribution in [0.2, 0.25) is 0 Å². The minimum Gasteiger partial charge on any atom is -0.271 e. The highest BCUT2D eigenvalue weighted by molar-refractivity contribution is 7.92. The first-order valence-corrected chi connectivity index (χ1v) is 14.1. The number of hydrazone groups is 1. The van der Waals surface area contributed by atoms with Gasteiger partial charge < -0.3 is 0 Å². The van der Waals surface area contributed by atoms with Crippen LogP contribution in [0.1, 0.15) is 22.3 Å². The van der Waals surface area contributed by atoms with Gasteiger partial charge in [-0.3, -0.25) is 9.10 Å². The summed E-state index contributed by atoms with van der Waals surface area (Å²) in [6, 6.07) is 30.1. The molecule has 5 aromatic rings. The lowest BCUT2D eigenvalue weighted by molar-refractivity contribution is -0.119. The van der Waals surface area contributed by atoms with Gasteiger partial charge >= 0.3 is 0 Å². The van der Waals surface area contributed by atoms with Crippen molar-refractivity contribution in [3.63, 3.8) is 0 Å². The van der Waals surface area contributed by atoms with Gasteiger partial charge in [0, 0.05) is 5.56 Å². The predicted octanol–water partition coefficient (Wildman–Crippen LogP) is 6.26. The van der Waals surface area contributed by atoms with Gasteiger partial charge in [-0.1, -0.05) is 78.4 Å². The van der Waals surface area contributed by atoms with Crippen molar-refractivity contribution in [2.75, 3.05) is 10.8 Å². The summed E-state index contributed by atoms with van der Waals surface area (Å²) in [6.07, 6.45) is 1.62. The molecule has 1 amide bonds. The third kappa shape index (κ3) is 5.26. The van der Waals surface area contributed by atoms with Gasteiger partial charge in [-0.25, -0.2) is 13.8 Å². The highest BCUT2D eigenvalue weighted by Gasteiger charge is 2.28. The molecule has 1 N–H and O–H groups in total. The summed E-state index contributed by atoms with van der Waals surface area (Å²) in [6.45, 7) is 5.23. The maximum absolute atomic E-state index is 13.7. The third-order valence-corrected chi connectivity index (χ3v) is 8.71. The van der Waals surface area contributed by atoms with Crippen LogP contribution in [0.4, 0.5) is 5.69 Å². The average molecular weight is 536 g/mol. The number of benzene rings is 5. The first-order chi connectivity index (χ1) is 18.8. The minimum atomic E-state index is -4.02. The van der Waals surface area contributed by atoms with E-state index in [-0.39, 0.29) is 4.90 Å². The fourth-order valence-electron chi connectivity index (χ4n) is 4.67. The zero-order valence-electron chi connectivity index (χ0n) is 22.0. The highest BCUT2D eigenvalue weighted by Crippen LogP contribution is 2.29. The molecule has 5 rings (SSSR count). The van der Waals surface area contributed by atoms with Gasteiger partial charge in [0.15, 0.2) is 0 Å². The van der Waals surface area contributed by atoms with Gasteiger partial charge in [0.1, 0.15) is 6.54 Å². The SMILES string of the molecule is Cc1ccc(S(=O)(=O)N(CC(=O)N/N=C\c2c3ccccc3cc3ccccc23)c2cccc(C)c2C)cc1. The van der Waals surface area contributed by atoms with E-state index >= 15 is 0 Å². The fourth-order valence-corrected chi connectivity index (χ4v) is 6.14. The predicted molar refractivity (Wildman–Crippen MR) is 159 cm³/mol. The van der Waals surface area contributed by atoms with Crippen molar-refractivity contribution in [2.24, 2.45) is 5.10 Å². The van der Waals surface area contributed by atoms with Crippen molar-refractivity contribution >= 4 is 49.4 Å². The summed E-state index contributed by atoms with van der Waals surface area (Å²) in [4.78, 5) is 13.3. The van der Waals surface area contributed by atoms with E-state index in [1.54, 1.807) is 42.6 Å². The van der Waals surface area contributed by atoms with Gasteiger partial charge in [-0.05, 0) is 77.7 Å². The van der Waals surface area contributed by atoms with Crippen molar-refractivity contribution in [3.8, 4) is 0 Å². The largest absolute Gasteiger partial charge is 0.271 e. The van der Waals surface area contributed by atoms with Gasteiger partial charge in [0.25, 0.3) is 15.9 Å². The molecule has 0 radical (unpaired) electrons. The summed E-state index contributed by atoms with van der Waals surface area (Å²) < 4.78 is 28.6. The van der Waals surface area contributed by atoms with E-state index in [4.69, 9.17) is 0 Å².